The first-order chi connectivity index (χ1) is 8.52. The van der Waals surface area contributed by atoms with Gasteiger partial charge in [0.25, 0.3) is 5.56 Å². The van der Waals surface area contributed by atoms with E-state index in [0.717, 1.165) is 21.2 Å². The summed E-state index contributed by atoms with van der Waals surface area (Å²) in [6.07, 6.45) is 1.29. The van der Waals surface area contributed by atoms with Crippen molar-refractivity contribution in [2.24, 2.45) is 0 Å². The van der Waals surface area contributed by atoms with Gasteiger partial charge in [0.1, 0.15) is 17.5 Å². The molecule has 0 aliphatic rings. The molecular weight excluding hydrogens is 294 g/mol. The van der Waals surface area contributed by atoms with E-state index in [2.05, 4.69) is 25.9 Å². The topological polar surface area (TPSA) is 69.5 Å². The predicted molar refractivity (Wildman–Crippen MR) is 72.2 cm³/mol. The monoisotopic (exact) mass is 303 g/mol. The highest BCUT2D eigenvalue weighted by Gasteiger charge is 2.07. The predicted octanol–water partition coefficient (Wildman–Crippen LogP) is 2.69. The van der Waals surface area contributed by atoms with Crippen LogP contribution < -0.4 is 5.56 Å². The van der Waals surface area contributed by atoms with Gasteiger partial charge in [-0.2, -0.15) is 5.26 Å². The quantitative estimate of drug-likeness (QED) is 0.880. The van der Waals surface area contributed by atoms with Crippen LogP contribution in [0.15, 0.2) is 27.6 Å². The van der Waals surface area contributed by atoms with Crippen molar-refractivity contribution < 1.29 is 0 Å². The molecule has 90 valence electrons. The molecular formula is C13H10BrN3O. The van der Waals surface area contributed by atoms with Crippen molar-refractivity contribution in [1.29, 1.82) is 5.26 Å². The van der Waals surface area contributed by atoms with E-state index in [4.69, 9.17) is 5.26 Å². The summed E-state index contributed by atoms with van der Waals surface area (Å²) in [6, 6.07) is 5.66. The molecule has 0 aliphatic carbocycles. The minimum Gasteiger partial charge on any atom is -0.305 e. The van der Waals surface area contributed by atoms with E-state index in [-0.39, 0.29) is 5.56 Å². The molecule has 2 aromatic rings. The second kappa shape index (κ2) is 4.75. The molecule has 18 heavy (non-hydrogen) atoms. The Labute approximate surface area is 112 Å². The molecule has 0 atom stereocenters. The van der Waals surface area contributed by atoms with E-state index in [0.29, 0.717) is 5.82 Å². The number of halogens is 1. The number of aromatic amines is 1. The van der Waals surface area contributed by atoms with Gasteiger partial charge in [0, 0.05) is 10.0 Å². The van der Waals surface area contributed by atoms with Crippen LogP contribution in [0.25, 0.3) is 11.4 Å². The van der Waals surface area contributed by atoms with Crippen LogP contribution >= 0.6 is 15.9 Å². The van der Waals surface area contributed by atoms with Gasteiger partial charge in [0.15, 0.2) is 0 Å². The number of hydrogen-bond acceptors (Lipinski definition) is 3. The van der Waals surface area contributed by atoms with Crippen LogP contribution in [0.4, 0.5) is 0 Å². The molecule has 0 unspecified atom stereocenters. The van der Waals surface area contributed by atoms with E-state index < -0.39 is 5.56 Å². The Balaban J connectivity index is 2.60. The first-order valence-electron chi connectivity index (χ1n) is 5.29. The Bertz CT molecular complexity index is 690. The average Bonchev–Trinajstić information content (AvgIpc) is 2.35. The zero-order chi connectivity index (χ0) is 13.3. The SMILES string of the molecule is Cc1cc(-c2ncc(C#N)c(=O)[nH]2)cc(C)c1Br. The Morgan fingerprint density at radius 3 is 2.44 bits per heavy atom. The first kappa shape index (κ1) is 12.5. The molecule has 2 rings (SSSR count). The molecule has 5 heteroatoms. The number of benzene rings is 1. The standard InChI is InChI=1S/C13H10BrN3O/c1-7-3-9(4-8(2)11(7)14)12-16-6-10(5-15)13(18)17-12/h3-4,6H,1-2H3,(H,16,17,18). The zero-order valence-electron chi connectivity index (χ0n) is 9.91. The third kappa shape index (κ3) is 2.20. The van der Waals surface area contributed by atoms with Crippen molar-refractivity contribution in [2.45, 2.75) is 13.8 Å². The van der Waals surface area contributed by atoms with Gasteiger partial charge in [-0.25, -0.2) is 4.98 Å². The summed E-state index contributed by atoms with van der Waals surface area (Å²) in [7, 11) is 0. The normalized spacial score (nSPS) is 10.1. The third-order valence-electron chi connectivity index (χ3n) is 2.63. The average molecular weight is 304 g/mol. The molecule has 0 fully saturated rings. The highest BCUT2D eigenvalue weighted by atomic mass is 79.9. The highest BCUT2D eigenvalue weighted by Crippen LogP contribution is 2.26. The molecule has 0 radical (unpaired) electrons. The largest absolute Gasteiger partial charge is 0.305 e. The summed E-state index contributed by atoms with van der Waals surface area (Å²) < 4.78 is 1.04. The van der Waals surface area contributed by atoms with Crippen molar-refractivity contribution in [2.75, 3.05) is 0 Å². The van der Waals surface area contributed by atoms with E-state index in [1.807, 2.05) is 26.0 Å². The number of hydrogen-bond donors (Lipinski definition) is 1. The van der Waals surface area contributed by atoms with Crippen molar-refractivity contribution in [3.05, 3.63) is 49.8 Å². The third-order valence-corrected chi connectivity index (χ3v) is 3.88. The van der Waals surface area contributed by atoms with Crippen LogP contribution in [0.1, 0.15) is 16.7 Å². The smallest absolute Gasteiger partial charge is 0.269 e. The molecule has 1 aromatic heterocycles. The fourth-order valence-electron chi connectivity index (χ4n) is 1.70. The molecule has 1 aromatic carbocycles. The zero-order valence-corrected chi connectivity index (χ0v) is 11.5. The second-order valence-electron chi connectivity index (χ2n) is 4.01. The van der Waals surface area contributed by atoms with Gasteiger partial charge in [0.05, 0.1) is 6.20 Å². The minimum atomic E-state index is -0.416. The van der Waals surface area contributed by atoms with Gasteiger partial charge in [0.2, 0.25) is 0 Å². The van der Waals surface area contributed by atoms with Crippen molar-refractivity contribution >= 4 is 15.9 Å². The van der Waals surface area contributed by atoms with Crippen LogP contribution in [-0.2, 0) is 0 Å². The lowest BCUT2D eigenvalue weighted by molar-refractivity contribution is 1.11. The number of aromatic nitrogens is 2. The Kier molecular flexibility index (Phi) is 3.30. The van der Waals surface area contributed by atoms with Crippen LogP contribution in [-0.4, -0.2) is 9.97 Å². The Morgan fingerprint density at radius 1 is 1.33 bits per heavy atom. The fraction of sp³-hybridized carbons (Fsp3) is 0.154. The van der Waals surface area contributed by atoms with E-state index in [1.54, 1.807) is 6.07 Å². The molecule has 4 nitrogen and oxygen atoms in total. The van der Waals surface area contributed by atoms with Crippen molar-refractivity contribution in [3.8, 4) is 17.5 Å². The van der Waals surface area contributed by atoms with E-state index in [1.165, 1.54) is 6.20 Å². The van der Waals surface area contributed by atoms with Crippen LogP contribution in [0.5, 0.6) is 0 Å². The van der Waals surface area contributed by atoms with Gasteiger partial charge >= 0.3 is 0 Å². The molecule has 0 spiro atoms. The summed E-state index contributed by atoms with van der Waals surface area (Å²) in [6.45, 7) is 3.95. The van der Waals surface area contributed by atoms with E-state index >= 15 is 0 Å². The molecule has 0 aliphatic heterocycles. The maximum Gasteiger partial charge on any atom is 0.269 e. The lowest BCUT2D eigenvalue weighted by Gasteiger charge is -2.07. The number of nitrogens with zero attached hydrogens (tertiary/aromatic N) is 2. The van der Waals surface area contributed by atoms with Crippen molar-refractivity contribution in [1.82, 2.24) is 9.97 Å². The number of nitriles is 1. The summed E-state index contributed by atoms with van der Waals surface area (Å²) >= 11 is 3.49. The molecule has 1 N–H and O–H groups in total. The summed E-state index contributed by atoms with van der Waals surface area (Å²) in [5, 5.41) is 8.69. The summed E-state index contributed by atoms with van der Waals surface area (Å²) in [5.41, 5.74) is 2.56. The van der Waals surface area contributed by atoms with Crippen LogP contribution in [0, 0.1) is 25.2 Å². The number of aryl methyl sites for hydroxylation is 2. The highest BCUT2D eigenvalue weighted by molar-refractivity contribution is 9.10. The van der Waals surface area contributed by atoms with Gasteiger partial charge < -0.3 is 4.98 Å². The Hall–Kier alpha value is -1.93. The molecule has 0 saturated heterocycles. The van der Waals surface area contributed by atoms with Gasteiger partial charge in [-0.1, -0.05) is 15.9 Å². The number of rotatable bonds is 1. The van der Waals surface area contributed by atoms with Gasteiger partial charge in [-0.3, -0.25) is 4.79 Å². The number of H-pyrrole nitrogens is 1. The maximum atomic E-state index is 11.6. The maximum absolute atomic E-state index is 11.6. The van der Waals surface area contributed by atoms with E-state index in [9.17, 15) is 4.79 Å². The lowest BCUT2D eigenvalue weighted by atomic mass is 10.1. The van der Waals surface area contributed by atoms with Crippen LogP contribution in [0.3, 0.4) is 0 Å². The first-order valence-corrected chi connectivity index (χ1v) is 6.08. The molecule has 1 heterocycles. The summed E-state index contributed by atoms with van der Waals surface area (Å²) in [5.74, 6) is 0.470. The van der Waals surface area contributed by atoms with Crippen molar-refractivity contribution in [3.63, 3.8) is 0 Å². The lowest BCUT2D eigenvalue weighted by Crippen LogP contribution is -2.12. The number of nitrogens with one attached hydrogen (secondary N) is 1. The molecule has 0 amide bonds. The molecule has 0 saturated carbocycles. The second-order valence-corrected chi connectivity index (χ2v) is 4.80. The molecule has 0 bridgehead atoms. The van der Waals surface area contributed by atoms with Gasteiger partial charge in [-0.05, 0) is 37.1 Å². The van der Waals surface area contributed by atoms with Crippen LogP contribution in [0.2, 0.25) is 0 Å². The summed E-state index contributed by atoms with van der Waals surface area (Å²) in [4.78, 5) is 18.3. The minimum absolute atomic E-state index is 0.0179. The van der Waals surface area contributed by atoms with Gasteiger partial charge in [-0.15, -0.1) is 0 Å². The Morgan fingerprint density at radius 2 is 1.94 bits per heavy atom. The fourth-order valence-corrected chi connectivity index (χ4v) is 1.93.